The zero-order chi connectivity index (χ0) is 16.3. The van der Waals surface area contributed by atoms with Gasteiger partial charge in [-0.15, -0.1) is 11.3 Å². The molecule has 3 nitrogen and oxygen atoms in total. The highest BCUT2D eigenvalue weighted by atomic mass is 35.5. The van der Waals surface area contributed by atoms with E-state index in [4.69, 9.17) is 11.6 Å². The fraction of sp³-hybridized carbons (Fsp3) is 0.412. The highest BCUT2D eigenvalue weighted by Gasteiger charge is 2.19. The number of nitrogens with zero attached hydrogens (tertiary/aromatic N) is 2. The van der Waals surface area contributed by atoms with Crippen LogP contribution in [0.5, 0.6) is 0 Å². The van der Waals surface area contributed by atoms with Gasteiger partial charge in [0.1, 0.15) is 4.88 Å². The van der Waals surface area contributed by atoms with E-state index in [1.54, 1.807) is 4.90 Å². The van der Waals surface area contributed by atoms with Gasteiger partial charge in [0.25, 0.3) is 5.91 Å². The van der Waals surface area contributed by atoms with Crippen LogP contribution < -0.4 is 0 Å². The van der Waals surface area contributed by atoms with E-state index in [1.807, 2.05) is 38.2 Å². The predicted octanol–water partition coefficient (Wildman–Crippen LogP) is 4.58. The number of halogens is 1. The largest absolute Gasteiger partial charge is 0.337 e. The van der Waals surface area contributed by atoms with Crippen molar-refractivity contribution < 1.29 is 4.79 Å². The zero-order valence-corrected chi connectivity index (χ0v) is 15.0. The monoisotopic (exact) mass is 336 g/mol. The van der Waals surface area contributed by atoms with Gasteiger partial charge in [-0.05, 0) is 30.5 Å². The van der Waals surface area contributed by atoms with Crippen molar-refractivity contribution in [3.63, 3.8) is 0 Å². The molecule has 0 spiro atoms. The first kappa shape index (κ1) is 17.0. The third-order valence-corrected chi connectivity index (χ3v) is 4.68. The number of hydrogen-bond acceptors (Lipinski definition) is 3. The molecule has 0 saturated heterocycles. The molecular formula is C17H21ClN2OS. The van der Waals surface area contributed by atoms with Gasteiger partial charge in [-0.25, -0.2) is 4.98 Å². The molecule has 1 aromatic carbocycles. The Hall–Kier alpha value is -1.39. The van der Waals surface area contributed by atoms with Crippen LogP contribution in [-0.4, -0.2) is 22.8 Å². The number of amides is 1. The van der Waals surface area contributed by atoms with Crippen molar-refractivity contribution in [1.82, 2.24) is 9.88 Å². The summed E-state index contributed by atoms with van der Waals surface area (Å²) in [6.07, 6.45) is 0.913. The Morgan fingerprint density at radius 3 is 2.77 bits per heavy atom. The first-order valence-electron chi connectivity index (χ1n) is 7.33. The van der Waals surface area contributed by atoms with Crippen LogP contribution >= 0.6 is 22.9 Å². The number of carbonyl (C=O) groups excluding carboxylic acids is 1. The molecule has 118 valence electrons. The van der Waals surface area contributed by atoms with Crippen molar-refractivity contribution in [1.29, 1.82) is 0 Å². The third kappa shape index (κ3) is 4.31. The van der Waals surface area contributed by atoms with Gasteiger partial charge in [0.15, 0.2) is 0 Å². The molecule has 0 unspecified atom stereocenters. The molecule has 22 heavy (non-hydrogen) atoms. The predicted molar refractivity (Wildman–Crippen MR) is 92.6 cm³/mol. The summed E-state index contributed by atoms with van der Waals surface area (Å²) in [5.74, 6) is 0.558. The van der Waals surface area contributed by atoms with Gasteiger partial charge in [-0.3, -0.25) is 4.79 Å². The summed E-state index contributed by atoms with van der Waals surface area (Å²) in [5.41, 5.74) is 1.84. The summed E-state index contributed by atoms with van der Waals surface area (Å²) in [5, 5.41) is 1.72. The Balaban J connectivity index is 2.12. The van der Waals surface area contributed by atoms with E-state index in [0.717, 1.165) is 27.6 Å². The van der Waals surface area contributed by atoms with Crippen LogP contribution in [0.2, 0.25) is 5.02 Å². The molecule has 0 saturated carbocycles. The topological polar surface area (TPSA) is 33.2 Å². The third-order valence-electron chi connectivity index (χ3n) is 3.27. The summed E-state index contributed by atoms with van der Waals surface area (Å²) in [7, 11) is 1.81. The minimum absolute atomic E-state index is 0.0185. The first-order valence-corrected chi connectivity index (χ1v) is 8.52. The second-order valence-electron chi connectivity index (χ2n) is 5.91. The van der Waals surface area contributed by atoms with E-state index in [1.165, 1.54) is 11.3 Å². The maximum atomic E-state index is 12.6. The SMILES string of the molecule is Cc1nc(CC(C)C)sc1C(=O)N(C)Cc1cccc(Cl)c1. The van der Waals surface area contributed by atoms with Crippen molar-refractivity contribution in [2.75, 3.05) is 7.05 Å². The number of aryl methyl sites for hydroxylation is 1. The first-order chi connectivity index (χ1) is 10.4. The normalized spacial score (nSPS) is 11.0. The van der Waals surface area contributed by atoms with Gasteiger partial charge >= 0.3 is 0 Å². The minimum Gasteiger partial charge on any atom is -0.337 e. The number of aromatic nitrogens is 1. The Labute approximate surface area is 140 Å². The molecule has 0 aliphatic heterocycles. The number of hydrogen-bond donors (Lipinski definition) is 0. The van der Waals surface area contributed by atoms with E-state index < -0.39 is 0 Å². The van der Waals surface area contributed by atoms with Crippen molar-refractivity contribution in [2.24, 2.45) is 5.92 Å². The lowest BCUT2D eigenvalue weighted by atomic mass is 10.1. The number of rotatable bonds is 5. The highest BCUT2D eigenvalue weighted by Crippen LogP contribution is 2.23. The van der Waals surface area contributed by atoms with Crippen LogP contribution in [0, 0.1) is 12.8 Å². The maximum Gasteiger partial charge on any atom is 0.265 e. The molecule has 1 amide bonds. The van der Waals surface area contributed by atoms with Crippen LogP contribution in [-0.2, 0) is 13.0 Å². The molecule has 0 atom stereocenters. The molecule has 0 aliphatic carbocycles. The molecular weight excluding hydrogens is 316 g/mol. The average Bonchev–Trinajstić information content (AvgIpc) is 2.77. The Bertz CT molecular complexity index is 666. The van der Waals surface area contributed by atoms with Crippen molar-refractivity contribution in [3.8, 4) is 0 Å². The number of carbonyl (C=O) groups is 1. The number of benzene rings is 1. The molecule has 0 fully saturated rings. The molecule has 5 heteroatoms. The maximum absolute atomic E-state index is 12.6. The summed E-state index contributed by atoms with van der Waals surface area (Å²) in [6.45, 7) is 6.75. The van der Waals surface area contributed by atoms with Crippen molar-refractivity contribution in [3.05, 3.63) is 50.4 Å². The standard InChI is InChI=1S/C17H21ClN2OS/c1-11(2)8-15-19-12(3)16(22-15)17(21)20(4)10-13-6-5-7-14(18)9-13/h5-7,9,11H,8,10H2,1-4H3. The smallest absolute Gasteiger partial charge is 0.265 e. The van der Waals surface area contributed by atoms with Crippen LogP contribution in [0.1, 0.15) is 39.8 Å². The zero-order valence-electron chi connectivity index (χ0n) is 13.4. The lowest BCUT2D eigenvalue weighted by Gasteiger charge is -2.16. The molecule has 0 N–H and O–H groups in total. The molecule has 2 aromatic rings. The van der Waals surface area contributed by atoms with Gasteiger partial charge < -0.3 is 4.90 Å². The molecule has 1 aromatic heterocycles. The quantitative estimate of drug-likeness (QED) is 0.801. The van der Waals surface area contributed by atoms with Crippen LogP contribution in [0.25, 0.3) is 0 Å². The molecule has 1 heterocycles. The van der Waals surface area contributed by atoms with Crippen molar-refractivity contribution in [2.45, 2.75) is 33.7 Å². The fourth-order valence-corrected chi connectivity index (χ4v) is 3.73. The Kier molecular flexibility index (Phi) is 5.59. The Morgan fingerprint density at radius 2 is 2.14 bits per heavy atom. The lowest BCUT2D eigenvalue weighted by molar-refractivity contribution is 0.0789. The number of thiazole rings is 1. The van der Waals surface area contributed by atoms with Crippen LogP contribution in [0.3, 0.4) is 0 Å². The van der Waals surface area contributed by atoms with Gasteiger partial charge in [0.05, 0.1) is 10.7 Å². The van der Waals surface area contributed by atoms with E-state index in [9.17, 15) is 4.79 Å². The summed E-state index contributed by atoms with van der Waals surface area (Å²) in [4.78, 5) is 19.6. The van der Waals surface area contributed by atoms with Crippen LogP contribution in [0.15, 0.2) is 24.3 Å². The average molecular weight is 337 g/mol. The van der Waals surface area contributed by atoms with Gasteiger partial charge in [0, 0.05) is 25.0 Å². The minimum atomic E-state index is 0.0185. The summed E-state index contributed by atoms with van der Waals surface area (Å²) >= 11 is 7.50. The second kappa shape index (κ2) is 7.25. The van der Waals surface area contributed by atoms with Crippen molar-refractivity contribution >= 4 is 28.8 Å². The molecule has 0 bridgehead atoms. The van der Waals surface area contributed by atoms with Gasteiger partial charge in [0.2, 0.25) is 0 Å². The van der Waals surface area contributed by atoms with E-state index >= 15 is 0 Å². The summed E-state index contributed by atoms with van der Waals surface area (Å²) in [6, 6.07) is 7.58. The van der Waals surface area contributed by atoms with E-state index in [-0.39, 0.29) is 5.91 Å². The second-order valence-corrected chi connectivity index (χ2v) is 7.43. The molecule has 0 aliphatic rings. The van der Waals surface area contributed by atoms with Gasteiger partial charge in [-0.2, -0.15) is 0 Å². The summed E-state index contributed by atoms with van der Waals surface area (Å²) < 4.78 is 0. The lowest BCUT2D eigenvalue weighted by Crippen LogP contribution is -2.26. The Morgan fingerprint density at radius 1 is 1.41 bits per heavy atom. The van der Waals surface area contributed by atoms with E-state index in [0.29, 0.717) is 17.5 Å². The van der Waals surface area contributed by atoms with E-state index in [2.05, 4.69) is 18.8 Å². The molecule has 0 radical (unpaired) electrons. The van der Waals surface area contributed by atoms with Crippen LogP contribution in [0.4, 0.5) is 0 Å². The van der Waals surface area contributed by atoms with Gasteiger partial charge in [-0.1, -0.05) is 37.6 Å². The molecule has 2 rings (SSSR count). The fourth-order valence-electron chi connectivity index (χ4n) is 2.24. The highest BCUT2D eigenvalue weighted by molar-refractivity contribution is 7.13.